The molecule has 1 N–H and O–H groups in total. The fourth-order valence-corrected chi connectivity index (χ4v) is 3.83. The van der Waals surface area contributed by atoms with Crippen LogP contribution in [0.15, 0.2) is 18.2 Å². The van der Waals surface area contributed by atoms with Crippen molar-refractivity contribution in [2.24, 2.45) is 11.8 Å². The number of benzene rings is 1. The monoisotopic (exact) mass is 292 g/mol. The van der Waals surface area contributed by atoms with Crippen molar-refractivity contribution in [1.82, 2.24) is 10.2 Å². The molecule has 4 heteroatoms. The molecular formula is C16H21ClN2O. The smallest absolute Gasteiger partial charge is 0.254 e. The Hall–Kier alpha value is -1.06. The summed E-state index contributed by atoms with van der Waals surface area (Å²) in [6.07, 6.45) is 0. The summed E-state index contributed by atoms with van der Waals surface area (Å²) in [4.78, 5) is 14.8. The Balaban J connectivity index is 1.89. The minimum atomic E-state index is -0.0946. The number of fused-ring (bicyclic) bond motifs is 1. The van der Waals surface area contributed by atoms with E-state index >= 15 is 0 Å². The molecule has 3 rings (SSSR count). The lowest BCUT2D eigenvalue weighted by atomic mass is 9.84. The fraction of sp³-hybridized carbons (Fsp3) is 0.562. The highest BCUT2D eigenvalue weighted by Crippen LogP contribution is 2.41. The number of amides is 1. The molecule has 3 nitrogen and oxygen atoms in total. The van der Waals surface area contributed by atoms with Gasteiger partial charge in [0, 0.05) is 35.8 Å². The van der Waals surface area contributed by atoms with Gasteiger partial charge in [-0.3, -0.25) is 4.79 Å². The molecule has 1 aromatic rings. The zero-order valence-corrected chi connectivity index (χ0v) is 13.0. The van der Waals surface area contributed by atoms with Crippen LogP contribution in [0.25, 0.3) is 0 Å². The summed E-state index contributed by atoms with van der Waals surface area (Å²) in [5, 5.41) is 4.10. The number of aryl methyl sites for hydroxylation is 1. The lowest BCUT2D eigenvalue weighted by Crippen LogP contribution is -2.47. The van der Waals surface area contributed by atoms with Crippen LogP contribution in [0.1, 0.15) is 29.8 Å². The summed E-state index contributed by atoms with van der Waals surface area (Å²) in [6.45, 7) is 9.18. The number of halogens is 1. The summed E-state index contributed by atoms with van der Waals surface area (Å²) in [5.74, 6) is 1.23. The Bertz CT molecular complexity index is 555. The molecule has 2 aliphatic heterocycles. The third-order valence-corrected chi connectivity index (χ3v) is 5.43. The molecule has 108 valence electrons. The molecule has 2 heterocycles. The van der Waals surface area contributed by atoms with Crippen LogP contribution < -0.4 is 5.32 Å². The van der Waals surface area contributed by atoms with Crippen LogP contribution in [-0.4, -0.2) is 36.0 Å². The summed E-state index contributed by atoms with van der Waals surface area (Å²) >= 11 is 6.15. The number of hydrogen-bond acceptors (Lipinski definition) is 2. The highest BCUT2D eigenvalue weighted by atomic mass is 35.5. The molecule has 2 aliphatic rings. The maximum absolute atomic E-state index is 12.8. The SMILES string of the molecule is Cc1ccc(C(=O)N2CC3CNCC3C2(C)C)cc1Cl. The molecule has 2 atom stereocenters. The summed E-state index contributed by atoms with van der Waals surface area (Å²) in [5.41, 5.74) is 1.61. The van der Waals surface area contributed by atoms with E-state index in [-0.39, 0.29) is 11.4 Å². The Morgan fingerprint density at radius 3 is 2.80 bits per heavy atom. The lowest BCUT2D eigenvalue weighted by Gasteiger charge is -2.35. The van der Waals surface area contributed by atoms with E-state index in [9.17, 15) is 4.79 Å². The van der Waals surface area contributed by atoms with Crippen LogP contribution in [-0.2, 0) is 0 Å². The van der Waals surface area contributed by atoms with Crippen molar-refractivity contribution in [2.75, 3.05) is 19.6 Å². The number of likely N-dealkylation sites (tertiary alicyclic amines) is 1. The largest absolute Gasteiger partial charge is 0.333 e. The molecule has 0 aliphatic carbocycles. The number of carbonyl (C=O) groups is 1. The quantitative estimate of drug-likeness (QED) is 0.863. The number of carbonyl (C=O) groups excluding carboxylic acids is 1. The first-order valence-electron chi connectivity index (χ1n) is 7.20. The molecule has 2 unspecified atom stereocenters. The standard InChI is InChI=1S/C16H21ClN2O/c1-10-4-5-11(6-14(10)17)15(20)19-9-12-7-18-8-13(12)16(19,2)3/h4-6,12-13,18H,7-9H2,1-3H3. The van der Waals surface area contributed by atoms with Gasteiger partial charge < -0.3 is 10.2 Å². The predicted molar refractivity (Wildman–Crippen MR) is 81.2 cm³/mol. The van der Waals surface area contributed by atoms with E-state index in [0.717, 1.165) is 25.2 Å². The van der Waals surface area contributed by atoms with Crippen LogP contribution in [0, 0.1) is 18.8 Å². The van der Waals surface area contributed by atoms with Gasteiger partial charge in [-0.25, -0.2) is 0 Å². The van der Waals surface area contributed by atoms with E-state index in [1.165, 1.54) is 0 Å². The van der Waals surface area contributed by atoms with Gasteiger partial charge in [-0.05, 0) is 50.3 Å². The number of nitrogens with one attached hydrogen (secondary N) is 1. The Morgan fingerprint density at radius 1 is 1.40 bits per heavy atom. The van der Waals surface area contributed by atoms with Crippen molar-refractivity contribution in [3.63, 3.8) is 0 Å². The van der Waals surface area contributed by atoms with Gasteiger partial charge >= 0.3 is 0 Å². The van der Waals surface area contributed by atoms with Crippen molar-refractivity contribution in [3.8, 4) is 0 Å². The van der Waals surface area contributed by atoms with Crippen molar-refractivity contribution >= 4 is 17.5 Å². The highest BCUT2D eigenvalue weighted by molar-refractivity contribution is 6.31. The zero-order chi connectivity index (χ0) is 14.5. The molecule has 0 spiro atoms. The van der Waals surface area contributed by atoms with E-state index in [1.54, 1.807) is 6.07 Å². The molecule has 1 amide bonds. The van der Waals surface area contributed by atoms with Crippen LogP contribution >= 0.6 is 11.6 Å². The van der Waals surface area contributed by atoms with Gasteiger partial charge in [0.15, 0.2) is 0 Å². The summed E-state index contributed by atoms with van der Waals surface area (Å²) in [6, 6.07) is 5.59. The van der Waals surface area contributed by atoms with Gasteiger partial charge in [-0.1, -0.05) is 17.7 Å². The topological polar surface area (TPSA) is 32.3 Å². The van der Waals surface area contributed by atoms with E-state index in [2.05, 4.69) is 19.2 Å². The Labute approximate surface area is 125 Å². The molecule has 0 bridgehead atoms. The van der Waals surface area contributed by atoms with E-state index in [0.29, 0.717) is 22.4 Å². The van der Waals surface area contributed by atoms with Gasteiger partial charge in [-0.2, -0.15) is 0 Å². The molecule has 0 aromatic heterocycles. The van der Waals surface area contributed by atoms with Crippen molar-refractivity contribution in [3.05, 3.63) is 34.3 Å². The van der Waals surface area contributed by atoms with Crippen LogP contribution in [0.4, 0.5) is 0 Å². The summed E-state index contributed by atoms with van der Waals surface area (Å²) < 4.78 is 0. The second-order valence-electron chi connectivity index (χ2n) is 6.56. The van der Waals surface area contributed by atoms with Crippen LogP contribution in [0.2, 0.25) is 5.02 Å². The zero-order valence-electron chi connectivity index (χ0n) is 12.2. The average molecular weight is 293 g/mol. The average Bonchev–Trinajstić information content (AvgIpc) is 2.95. The second-order valence-corrected chi connectivity index (χ2v) is 6.97. The first-order chi connectivity index (χ1) is 9.41. The van der Waals surface area contributed by atoms with E-state index in [1.807, 2.05) is 24.0 Å². The van der Waals surface area contributed by atoms with Crippen molar-refractivity contribution < 1.29 is 4.79 Å². The van der Waals surface area contributed by atoms with Crippen molar-refractivity contribution in [2.45, 2.75) is 26.3 Å². The number of hydrogen-bond donors (Lipinski definition) is 1. The predicted octanol–water partition coefficient (Wildman–Crippen LogP) is 2.72. The third kappa shape index (κ3) is 2.04. The Kier molecular flexibility index (Phi) is 3.30. The van der Waals surface area contributed by atoms with Gasteiger partial charge in [-0.15, -0.1) is 0 Å². The van der Waals surface area contributed by atoms with E-state index < -0.39 is 0 Å². The second kappa shape index (κ2) is 4.74. The lowest BCUT2D eigenvalue weighted by molar-refractivity contribution is 0.0603. The van der Waals surface area contributed by atoms with Crippen LogP contribution in [0.5, 0.6) is 0 Å². The molecule has 0 radical (unpaired) electrons. The molecule has 2 saturated heterocycles. The normalized spacial score (nSPS) is 27.7. The third-order valence-electron chi connectivity index (χ3n) is 5.02. The minimum absolute atomic E-state index is 0.0946. The highest BCUT2D eigenvalue weighted by Gasteiger charge is 2.51. The summed E-state index contributed by atoms with van der Waals surface area (Å²) in [7, 11) is 0. The molecule has 0 saturated carbocycles. The van der Waals surface area contributed by atoms with Gasteiger partial charge in [0.1, 0.15) is 0 Å². The van der Waals surface area contributed by atoms with Crippen molar-refractivity contribution in [1.29, 1.82) is 0 Å². The van der Waals surface area contributed by atoms with Gasteiger partial charge in [0.25, 0.3) is 5.91 Å². The number of nitrogens with zero attached hydrogens (tertiary/aromatic N) is 1. The van der Waals surface area contributed by atoms with E-state index in [4.69, 9.17) is 11.6 Å². The molecule has 20 heavy (non-hydrogen) atoms. The number of rotatable bonds is 1. The van der Waals surface area contributed by atoms with Gasteiger partial charge in [0.2, 0.25) is 0 Å². The molecule has 2 fully saturated rings. The van der Waals surface area contributed by atoms with Gasteiger partial charge in [0.05, 0.1) is 0 Å². The maximum Gasteiger partial charge on any atom is 0.254 e. The minimum Gasteiger partial charge on any atom is -0.333 e. The first kappa shape index (κ1) is 13.9. The van der Waals surface area contributed by atoms with Crippen LogP contribution in [0.3, 0.4) is 0 Å². The Morgan fingerprint density at radius 2 is 2.15 bits per heavy atom. The fourth-order valence-electron chi connectivity index (χ4n) is 3.65. The maximum atomic E-state index is 12.8. The molecular weight excluding hydrogens is 272 g/mol. The molecule has 1 aromatic carbocycles. The first-order valence-corrected chi connectivity index (χ1v) is 7.58.